The molecule has 0 spiro atoms. The molecule has 3 aliphatic heterocycles. The standard InChI is InChI=1S/C37H47F4N5O9S/c1-35(2,3)55-33(50)42-28-12-14-44(21-37(39,40)41)13-5-4-8-23-16-36(23,30(47)20-56(52,53)25-10-11-25)43-31(48)29-15-24(18-46(29)32(28)49)54-34(51)45-17-22-7-6-9-27(38)26(22)19-45/h4,6-9,23-25,28-29H,5,10-21H2,1-3H3,(H,42,50)(H,43,48)/b8-4-/t23-,24-,28+,29+,36-/m1/s1. The van der Waals surface area contributed by atoms with E-state index < -0.39 is 104 Å². The van der Waals surface area contributed by atoms with E-state index >= 15 is 0 Å². The second kappa shape index (κ2) is 15.6. The molecule has 1 aromatic carbocycles. The number of rotatable bonds is 7. The van der Waals surface area contributed by atoms with Crippen LogP contribution in [-0.4, -0.2) is 126 Å². The molecule has 4 amide bonds. The fourth-order valence-corrected chi connectivity index (χ4v) is 9.29. The summed E-state index contributed by atoms with van der Waals surface area (Å²) in [5.41, 5.74) is -1.77. The Morgan fingerprint density at radius 1 is 1.05 bits per heavy atom. The van der Waals surface area contributed by atoms with Gasteiger partial charge in [-0.2, -0.15) is 13.2 Å². The maximum absolute atomic E-state index is 14.4. The first-order valence-corrected chi connectivity index (χ1v) is 20.4. The van der Waals surface area contributed by atoms with Gasteiger partial charge in [0.25, 0.3) is 0 Å². The van der Waals surface area contributed by atoms with E-state index in [1.54, 1.807) is 39.0 Å². The lowest BCUT2D eigenvalue weighted by molar-refractivity contribution is -0.147. The van der Waals surface area contributed by atoms with Crippen LogP contribution in [0.5, 0.6) is 0 Å². The summed E-state index contributed by atoms with van der Waals surface area (Å²) in [7, 11) is -3.81. The molecule has 0 aromatic heterocycles. The maximum atomic E-state index is 14.4. The lowest BCUT2D eigenvalue weighted by Gasteiger charge is -2.31. The fraction of sp³-hybridized carbons (Fsp3) is 0.649. The number of Topliss-reactive ketones (excluding diaryl/α,β-unsaturated/α-hetero) is 1. The van der Waals surface area contributed by atoms with Gasteiger partial charge < -0.3 is 25.0 Å². The first-order chi connectivity index (χ1) is 26.1. The van der Waals surface area contributed by atoms with E-state index in [1.807, 2.05) is 0 Å². The Labute approximate surface area is 322 Å². The molecule has 1 aromatic rings. The molecular weight excluding hydrogens is 766 g/mol. The van der Waals surface area contributed by atoms with Crippen molar-refractivity contribution in [3.63, 3.8) is 0 Å². The lowest BCUT2D eigenvalue weighted by atomic mass is 10.1. The number of amides is 4. The summed E-state index contributed by atoms with van der Waals surface area (Å²) in [6.07, 6.45) is -4.09. The van der Waals surface area contributed by atoms with E-state index in [9.17, 15) is 50.0 Å². The fourth-order valence-electron chi connectivity index (χ4n) is 7.58. The van der Waals surface area contributed by atoms with Crippen LogP contribution in [0.25, 0.3) is 0 Å². The summed E-state index contributed by atoms with van der Waals surface area (Å²) in [4.78, 5) is 72.2. The molecule has 6 rings (SSSR count). The number of fused-ring (bicyclic) bond motifs is 3. The van der Waals surface area contributed by atoms with Crippen LogP contribution in [0.2, 0.25) is 0 Å². The molecule has 0 radical (unpaired) electrons. The predicted octanol–water partition coefficient (Wildman–Crippen LogP) is 3.38. The van der Waals surface area contributed by atoms with Gasteiger partial charge >= 0.3 is 18.4 Å². The maximum Gasteiger partial charge on any atom is 0.410 e. The summed E-state index contributed by atoms with van der Waals surface area (Å²) in [6, 6.07) is 1.53. The molecule has 3 heterocycles. The number of sulfone groups is 1. The Morgan fingerprint density at radius 2 is 1.79 bits per heavy atom. The Hall–Kier alpha value is -4.26. The van der Waals surface area contributed by atoms with Crippen LogP contribution in [0.3, 0.4) is 0 Å². The number of alkyl carbamates (subject to hydrolysis) is 1. The predicted molar refractivity (Wildman–Crippen MR) is 191 cm³/mol. The highest BCUT2D eigenvalue weighted by atomic mass is 32.2. The van der Waals surface area contributed by atoms with Crippen molar-refractivity contribution in [1.82, 2.24) is 25.3 Å². The molecule has 2 saturated carbocycles. The van der Waals surface area contributed by atoms with Crippen molar-refractivity contribution in [1.29, 1.82) is 0 Å². The van der Waals surface area contributed by atoms with Crippen molar-refractivity contribution < 1.29 is 59.4 Å². The second-order valence-corrected chi connectivity index (χ2v) is 18.6. The number of carbonyl (C=O) groups is 5. The average Bonchev–Trinajstić information content (AvgIpc) is 3.97. The monoisotopic (exact) mass is 813 g/mol. The number of ether oxygens (including phenoxy) is 2. The van der Waals surface area contributed by atoms with Gasteiger partial charge in [-0.05, 0) is 64.5 Å². The van der Waals surface area contributed by atoms with Crippen molar-refractivity contribution in [3.8, 4) is 0 Å². The molecule has 5 atom stereocenters. The highest BCUT2D eigenvalue weighted by Crippen LogP contribution is 2.47. The summed E-state index contributed by atoms with van der Waals surface area (Å²) in [5.74, 6) is -4.46. The van der Waals surface area contributed by atoms with Crippen molar-refractivity contribution in [2.45, 2.75) is 113 Å². The number of benzene rings is 1. The molecule has 19 heteroatoms. The summed E-state index contributed by atoms with van der Waals surface area (Å²) in [6.45, 7) is 2.57. The van der Waals surface area contributed by atoms with Crippen LogP contribution >= 0.6 is 0 Å². The van der Waals surface area contributed by atoms with Gasteiger partial charge in [-0.25, -0.2) is 22.4 Å². The van der Waals surface area contributed by atoms with E-state index in [2.05, 4.69) is 10.6 Å². The normalized spacial score (nSPS) is 28.2. The molecular formula is C37H47F4N5O9S. The number of alkyl halides is 3. The van der Waals surface area contributed by atoms with Crippen molar-refractivity contribution >= 4 is 39.6 Å². The van der Waals surface area contributed by atoms with Crippen LogP contribution in [0.15, 0.2) is 30.4 Å². The van der Waals surface area contributed by atoms with E-state index in [4.69, 9.17) is 9.47 Å². The third-order valence-electron chi connectivity index (χ3n) is 10.6. The van der Waals surface area contributed by atoms with Gasteiger partial charge in [-0.1, -0.05) is 24.3 Å². The molecule has 0 bridgehead atoms. The zero-order chi connectivity index (χ0) is 40.8. The largest absolute Gasteiger partial charge is 0.444 e. The third-order valence-corrected chi connectivity index (χ3v) is 12.8. The third kappa shape index (κ3) is 9.81. The number of carbonyl (C=O) groups excluding carboxylic acids is 5. The summed E-state index contributed by atoms with van der Waals surface area (Å²) in [5, 5.41) is 4.52. The van der Waals surface area contributed by atoms with Gasteiger partial charge in [0, 0.05) is 37.5 Å². The molecule has 14 nitrogen and oxygen atoms in total. The van der Waals surface area contributed by atoms with E-state index in [-0.39, 0.29) is 58.4 Å². The molecule has 2 aliphatic carbocycles. The molecule has 3 fully saturated rings. The van der Waals surface area contributed by atoms with Gasteiger partial charge in [0.15, 0.2) is 15.6 Å². The van der Waals surface area contributed by atoms with Crippen LogP contribution in [0.1, 0.15) is 70.4 Å². The molecule has 5 aliphatic rings. The van der Waals surface area contributed by atoms with Gasteiger partial charge in [-0.3, -0.25) is 24.2 Å². The van der Waals surface area contributed by atoms with E-state index in [0.717, 1.165) is 9.80 Å². The lowest BCUT2D eigenvalue weighted by Crippen LogP contribution is -2.57. The first kappa shape index (κ1) is 41.4. The number of halogens is 4. The minimum absolute atomic E-state index is 0.0223. The van der Waals surface area contributed by atoms with E-state index in [0.29, 0.717) is 24.0 Å². The van der Waals surface area contributed by atoms with Gasteiger partial charge in [0.05, 0.1) is 24.9 Å². The number of hydrogen-bond acceptors (Lipinski definition) is 10. The van der Waals surface area contributed by atoms with Crippen molar-refractivity contribution in [3.05, 3.63) is 47.3 Å². The Kier molecular flexibility index (Phi) is 11.5. The van der Waals surface area contributed by atoms with Crippen LogP contribution < -0.4 is 10.6 Å². The van der Waals surface area contributed by atoms with Crippen molar-refractivity contribution in [2.75, 3.05) is 31.9 Å². The number of nitrogens with one attached hydrogen (secondary N) is 2. The number of hydrogen-bond donors (Lipinski definition) is 2. The zero-order valence-corrected chi connectivity index (χ0v) is 32.2. The van der Waals surface area contributed by atoms with E-state index in [1.165, 1.54) is 17.0 Å². The number of nitrogens with zero attached hydrogens (tertiary/aromatic N) is 3. The highest BCUT2D eigenvalue weighted by molar-refractivity contribution is 7.93. The SMILES string of the molecule is CC(C)(C)OC(=O)N[C@H]1CCN(CC(F)(F)F)CC/C=C\[C@@H]2C[C@@]2(C(=O)CS(=O)(=O)C2CC2)NC(=O)[C@@H]2C[C@@H](OC(=O)N3Cc4cccc(F)c4C3)CN2C1=O. The zero-order valence-electron chi connectivity index (χ0n) is 31.4. The van der Waals surface area contributed by atoms with Gasteiger partial charge in [-0.15, -0.1) is 0 Å². The Balaban J connectivity index is 1.30. The molecule has 2 N–H and O–H groups in total. The first-order valence-electron chi connectivity index (χ1n) is 18.7. The minimum Gasteiger partial charge on any atom is -0.444 e. The molecule has 308 valence electrons. The summed E-state index contributed by atoms with van der Waals surface area (Å²) >= 11 is 0. The molecule has 1 saturated heterocycles. The van der Waals surface area contributed by atoms with Gasteiger partial charge in [0.2, 0.25) is 11.8 Å². The van der Waals surface area contributed by atoms with Crippen molar-refractivity contribution in [2.24, 2.45) is 5.92 Å². The second-order valence-electron chi connectivity index (χ2n) is 16.3. The quantitative estimate of drug-likeness (QED) is 0.307. The van der Waals surface area contributed by atoms with Crippen LogP contribution in [0.4, 0.5) is 27.2 Å². The summed E-state index contributed by atoms with van der Waals surface area (Å²) < 4.78 is 92.5. The van der Waals surface area contributed by atoms with Gasteiger partial charge in [0.1, 0.15) is 40.9 Å². The Bertz CT molecular complexity index is 1880. The van der Waals surface area contributed by atoms with Crippen LogP contribution in [-0.2, 0) is 46.8 Å². The van der Waals surface area contributed by atoms with Crippen LogP contribution in [0, 0.1) is 11.7 Å². The Morgan fingerprint density at radius 3 is 2.45 bits per heavy atom. The topological polar surface area (TPSA) is 172 Å². The highest BCUT2D eigenvalue weighted by Gasteiger charge is 2.61. The molecule has 56 heavy (non-hydrogen) atoms. The average molecular weight is 814 g/mol. The molecule has 0 unspecified atom stereocenters. The smallest absolute Gasteiger partial charge is 0.410 e. The minimum atomic E-state index is -4.61. The number of ketones is 1.